The molecule has 26 heavy (non-hydrogen) atoms. The lowest BCUT2D eigenvalue weighted by Crippen LogP contribution is -2.24. The van der Waals surface area contributed by atoms with Gasteiger partial charge in [0.15, 0.2) is 0 Å². The van der Waals surface area contributed by atoms with Crippen molar-refractivity contribution in [1.29, 1.82) is 0 Å². The average Bonchev–Trinajstić information content (AvgIpc) is 3.21. The van der Waals surface area contributed by atoms with E-state index < -0.39 is 0 Å². The Balaban J connectivity index is 1.56. The van der Waals surface area contributed by atoms with Gasteiger partial charge in [-0.05, 0) is 61.4 Å². The van der Waals surface area contributed by atoms with E-state index in [1.807, 2.05) is 38.1 Å². The summed E-state index contributed by atoms with van der Waals surface area (Å²) >= 11 is 5.91. The van der Waals surface area contributed by atoms with Gasteiger partial charge in [-0.25, -0.2) is 0 Å². The molecule has 0 unspecified atom stereocenters. The maximum atomic E-state index is 12.5. The predicted molar refractivity (Wildman–Crippen MR) is 100 cm³/mol. The van der Waals surface area contributed by atoms with Crippen LogP contribution in [0, 0.1) is 13.8 Å². The van der Waals surface area contributed by atoms with E-state index >= 15 is 0 Å². The highest BCUT2D eigenvalue weighted by atomic mass is 35.5. The number of aryl methyl sites for hydroxylation is 2. The summed E-state index contributed by atoms with van der Waals surface area (Å²) in [6.45, 7) is 4.61. The van der Waals surface area contributed by atoms with E-state index in [1.54, 1.807) is 17.0 Å². The standard InChI is InChI=1S/C20H18ClN3O2/c1-12-7-13(2)9-17(8-12)24-11-15(10-18(24)25)20-22-19(23-26-20)14-3-5-16(21)6-4-14/h3-9,15H,10-11H2,1-2H3/t15-/m0/s1. The summed E-state index contributed by atoms with van der Waals surface area (Å²) in [5.41, 5.74) is 4.03. The van der Waals surface area contributed by atoms with Gasteiger partial charge in [0, 0.05) is 29.2 Å². The molecule has 0 bridgehead atoms. The van der Waals surface area contributed by atoms with Gasteiger partial charge in [0.2, 0.25) is 17.6 Å². The molecule has 1 aliphatic rings. The minimum absolute atomic E-state index is 0.0752. The van der Waals surface area contributed by atoms with E-state index in [9.17, 15) is 4.79 Å². The molecular formula is C20H18ClN3O2. The second-order valence-corrected chi connectivity index (χ2v) is 7.15. The Kier molecular flexibility index (Phi) is 4.24. The lowest BCUT2D eigenvalue weighted by molar-refractivity contribution is -0.117. The number of carbonyl (C=O) groups excluding carboxylic acids is 1. The topological polar surface area (TPSA) is 59.2 Å². The number of aromatic nitrogens is 2. The van der Waals surface area contributed by atoms with Crippen molar-refractivity contribution in [3.63, 3.8) is 0 Å². The first-order valence-corrected chi connectivity index (χ1v) is 8.85. The van der Waals surface area contributed by atoms with E-state index in [0.29, 0.717) is 29.7 Å². The summed E-state index contributed by atoms with van der Waals surface area (Å²) in [4.78, 5) is 18.8. The second kappa shape index (κ2) is 6.57. The zero-order valence-electron chi connectivity index (χ0n) is 14.6. The Bertz CT molecular complexity index is 945. The van der Waals surface area contributed by atoms with Gasteiger partial charge >= 0.3 is 0 Å². The smallest absolute Gasteiger partial charge is 0.232 e. The third-order valence-electron chi connectivity index (χ3n) is 4.54. The molecule has 0 spiro atoms. The highest BCUT2D eigenvalue weighted by Crippen LogP contribution is 2.32. The summed E-state index contributed by atoms with van der Waals surface area (Å²) in [5.74, 6) is 0.979. The molecular weight excluding hydrogens is 350 g/mol. The Morgan fingerprint density at radius 1 is 1.12 bits per heavy atom. The Morgan fingerprint density at radius 3 is 2.50 bits per heavy atom. The molecule has 2 aromatic carbocycles. The first kappa shape index (κ1) is 16.8. The summed E-state index contributed by atoms with van der Waals surface area (Å²) in [7, 11) is 0. The van der Waals surface area contributed by atoms with Crippen molar-refractivity contribution in [1.82, 2.24) is 10.1 Å². The fourth-order valence-electron chi connectivity index (χ4n) is 3.35. The molecule has 0 N–H and O–H groups in total. The normalized spacial score (nSPS) is 17.1. The average molecular weight is 368 g/mol. The molecule has 0 saturated carbocycles. The summed E-state index contributed by atoms with van der Waals surface area (Å²) in [6, 6.07) is 13.4. The number of hydrogen-bond acceptors (Lipinski definition) is 4. The molecule has 1 aliphatic heterocycles. The van der Waals surface area contributed by atoms with Crippen molar-refractivity contribution in [2.45, 2.75) is 26.2 Å². The van der Waals surface area contributed by atoms with Gasteiger partial charge in [-0.2, -0.15) is 4.98 Å². The molecule has 132 valence electrons. The molecule has 1 fully saturated rings. The van der Waals surface area contributed by atoms with Crippen LogP contribution in [0.25, 0.3) is 11.4 Å². The monoisotopic (exact) mass is 367 g/mol. The molecule has 0 radical (unpaired) electrons. The maximum Gasteiger partial charge on any atom is 0.232 e. The van der Waals surface area contributed by atoms with E-state index in [4.69, 9.17) is 16.1 Å². The zero-order valence-corrected chi connectivity index (χ0v) is 15.3. The van der Waals surface area contributed by atoms with Crippen molar-refractivity contribution >= 4 is 23.2 Å². The fraction of sp³-hybridized carbons (Fsp3) is 0.250. The lowest BCUT2D eigenvalue weighted by Gasteiger charge is -2.17. The molecule has 1 atom stereocenters. The predicted octanol–water partition coefficient (Wildman–Crippen LogP) is 4.53. The second-order valence-electron chi connectivity index (χ2n) is 6.71. The SMILES string of the molecule is Cc1cc(C)cc(N2C[C@@H](c3nc(-c4ccc(Cl)cc4)no3)CC2=O)c1. The van der Waals surface area contributed by atoms with E-state index in [0.717, 1.165) is 22.4 Å². The van der Waals surface area contributed by atoms with E-state index in [2.05, 4.69) is 16.2 Å². The van der Waals surface area contributed by atoms with E-state index in [1.165, 1.54) is 0 Å². The lowest BCUT2D eigenvalue weighted by atomic mass is 10.1. The van der Waals surface area contributed by atoms with E-state index in [-0.39, 0.29) is 11.8 Å². The number of amides is 1. The molecule has 3 aromatic rings. The first-order chi connectivity index (χ1) is 12.5. The number of anilines is 1. The fourth-order valence-corrected chi connectivity index (χ4v) is 3.47. The van der Waals surface area contributed by atoms with Crippen LogP contribution in [-0.2, 0) is 4.79 Å². The highest BCUT2D eigenvalue weighted by molar-refractivity contribution is 6.30. The van der Waals surface area contributed by atoms with Crippen molar-refractivity contribution in [2.75, 3.05) is 11.4 Å². The molecule has 0 aliphatic carbocycles. The number of halogens is 1. The number of nitrogens with zero attached hydrogens (tertiary/aromatic N) is 3. The largest absolute Gasteiger partial charge is 0.339 e. The van der Waals surface area contributed by atoms with Crippen LogP contribution in [0.4, 0.5) is 5.69 Å². The summed E-state index contributed by atoms with van der Waals surface area (Å²) in [6.07, 6.45) is 0.370. The van der Waals surface area contributed by atoms with Gasteiger partial charge in [-0.3, -0.25) is 4.79 Å². The van der Waals surface area contributed by atoms with Gasteiger partial charge in [-0.15, -0.1) is 0 Å². The number of hydrogen-bond donors (Lipinski definition) is 0. The number of rotatable bonds is 3. The van der Waals surface area contributed by atoms with Crippen LogP contribution < -0.4 is 4.90 Å². The van der Waals surface area contributed by atoms with Crippen LogP contribution in [0.15, 0.2) is 47.0 Å². The van der Waals surface area contributed by atoms with Crippen molar-refractivity contribution in [2.24, 2.45) is 0 Å². The third kappa shape index (κ3) is 3.22. The zero-order chi connectivity index (χ0) is 18.3. The highest BCUT2D eigenvalue weighted by Gasteiger charge is 2.35. The Morgan fingerprint density at radius 2 is 1.81 bits per heavy atom. The maximum absolute atomic E-state index is 12.5. The molecule has 6 heteroatoms. The Labute approximate surface area is 156 Å². The molecule has 4 rings (SSSR count). The number of carbonyl (C=O) groups is 1. The molecule has 5 nitrogen and oxygen atoms in total. The van der Waals surface area contributed by atoms with Gasteiger partial charge in [0.25, 0.3) is 0 Å². The quantitative estimate of drug-likeness (QED) is 0.682. The minimum Gasteiger partial charge on any atom is -0.339 e. The Hall–Kier alpha value is -2.66. The van der Waals surface area contributed by atoms with Crippen molar-refractivity contribution in [3.8, 4) is 11.4 Å². The first-order valence-electron chi connectivity index (χ1n) is 8.48. The van der Waals surface area contributed by atoms with Crippen LogP contribution in [0.2, 0.25) is 5.02 Å². The minimum atomic E-state index is -0.100. The molecule has 2 heterocycles. The van der Waals surface area contributed by atoms with Crippen LogP contribution in [0.3, 0.4) is 0 Å². The van der Waals surface area contributed by atoms with Crippen LogP contribution in [0.5, 0.6) is 0 Å². The third-order valence-corrected chi connectivity index (χ3v) is 4.79. The van der Waals surface area contributed by atoms with Gasteiger partial charge in [-0.1, -0.05) is 22.8 Å². The number of benzene rings is 2. The van der Waals surface area contributed by atoms with Crippen molar-refractivity contribution < 1.29 is 9.32 Å². The van der Waals surface area contributed by atoms with Gasteiger partial charge < -0.3 is 9.42 Å². The van der Waals surface area contributed by atoms with Gasteiger partial charge in [0.05, 0.1) is 5.92 Å². The molecule has 1 aromatic heterocycles. The molecule has 1 saturated heterocycles. The van der Waals surface area contributed by atoms with Crippen LogP contribution in [0.1, 0.15) is 29.4 Å². The summed E-state index contributed by atoms with van der Waals surface area (Å²) < 4.78 is 5.44. The van der Waals surface area contributed by atoms with Gasteiger partial charge in [0.1, 0.15) is 0 Å². The molecule has 1 amide bonds. The summed E-state index contributed by atoms with van der Waals surface area (Å²) in [5, 5.41) is 4.71. The van der Waals surface area contributed by atoms with Crippen molar-refractivity contribution in [3.05, 3.63) is 64.5 Å². The van der Waals surface area contributed by atoms with Crippen LogP contribution in [-0.4, -0.2) is 22.6 Å². The van der Waals surface area contributed by atoms with Crippen LogP contribution >= 0.6 is 11.6 Å².